The Labute approximate surface area is 190 Å². The molecular weight excluding hydrogens is 404 g/mol. The van der Waals surface area contributed by atoms with E-state index in [2.05, 4.69) is 54.3 Å². The minimum absolute atomic E-state index is 0.0741. The molecule has 0 aliphatic heterocycles. The third-order valence-corrected chi connectivity index (χ3v) is 10.0. The molecule has 5 heteroatoms. The molecule has 0 aromatic rings. The van der Waals surface area contributed by atoms with Crippen molar-refractivity contribution in [3.8, 4) is 0 Å². The van der Waals surface area contributed by atoms with Gasteiger partial charge in [-0.25, -0.2) is 0 Å². The average Bonchev–Trinajstić information content (AvgIpc) is 2.91. The quantitative estimate of drug-likeness (QED) is 0.453. The maximum Gasteiger partial charge on any atom is 0.184 e. The van der Waals surface area contributed by atoms with Crippen LogP contribution in [0.4, 0.5) is 0 Å². The van der Waals surface area contributed by atoms with Crippen molar-refractivity contribution in [2.45, 2.75) is 123 Å². The van der Waals surface area contributed by atoms with Crippen LogP contribution in [0.2, 0.25) is 19.6 Å². The second-order valence-corrected chi connectivity index (χ2v) is 17.9. The van der Waals surface area contributed by atoms with E-state index >= 15 is 0 Å². The lowest BCUT2D eigenvalue weighted by atomic mass is 9.46. The summed E-state index contributed by atoms with van der Waals surface area (Å²) in [5.41, 5.74) is 1.30. The van der Waals surface area contributed by atoms with Gasteiger partial charge in [-0.05, 0) is 113 Å². The molecule has 0 spiro atoms. The van der Waals surface area contributed by atoms with Crippen LogP contribution < -0.4 is 0 Å². The number of hydrogen-bond acceptors (Lipinski definition) is 4. The van der Waals surface area contributed by atoms with Crippen molar-refractivity contribution >= 4 is 8.32 Å². The summed E-state index contributed by atoms with van der Waals surface area (Å²) < 4.78 is 13.4. The van der Waals surface area contributed by atoms with Crippen molar-refractivity contribution in [1.82, 2.24) is 0 Å². The molecule has 3 unspecified atom stereocenters. The topological polar surface area (TPSA) is 58.9 Å². The lowest BCUT2D eigenvalue weighted by Crippen LogP contribution is -2.58. The third kappa shape index (κ3) is 4.23. The lowest BCUT2D eigenvalue weighted by Gasteiger charge is -2.61. The molecule has 0 aromatic carbocycles. The van der Waals surface area contributed by atoms with Crippen LogP contribution in [0.1, 0.15) is 73.1 Å². The van der Waals surface area contributed by atoms with E-state index in [1.165, 1.54) is 24.8 Å². The van der Waals surface area contributed by atoms with Gasteiger partial charge in [0, 0.05) is 0 Å². The third-order valence-electron chi connectivity index (χ3n) is 9.03. The zero-order valence-electron chi connectivity index (χ0n) is 21.1. The summed E-state index contributed by atoms with van der Waals surface area (Å²) in [4.78, 5) is 0. The van der Waals surface area contributed by atoms with Gasteiger partial charge in [0.15, 0.2) is 8.32 Å². The number of rotatable bonds is 3. The van der Waals surface area contributed by atoms with E-state index in [0.29, 0.717) is 30.3 Å². The van der Waals surface area contributed by atoms with Crippen LogP contribution in [0.25, 0.3) is 0 Å². The Morgan fingerprint density at radius 1 is 1.03 bits per heavy atom. The first-order chi connectivity index (χ1) is 14.1. The summed E-state index contributed by atoms with van der Waals surface area (Å²) in [6.45, 7) is 18.2. The van der Waals surface area contributed by atoms with E-state index in [1.54, 1.807) is 0 Å². The maximum atomic E-state index is 10.7. The SMILES string of the molecule is CC(C)(C)O[C@H]1CC[C@H]2[C@@H]3CC(O[Si](C)(C)C)C4=CC(O)C(O)C[C@]4(C)[C@H]3CC[C@]12C. The number of fused-ring (bicyclic) bond motifs is 5. The normalized spacial score (nSPS) is 47.9. The van der Waals surface area contributed by atoms with Crippen molar-refractivity contribution in [2.75, 3.05) is 0 Å². The molecule has 0 heterocycles. The molecule has 31 heavy (non-hydrogen) atoms. The Morgan fingerprint density at radius 3 is 2.32 bits per heavy atom. The van der Waals surface area contributed by atoms with Crippen LogP contribution in [0.15, 0.2) is 11.6 Å². The lowest BCUT2D eigenvalue weighted by molar-refractivity contribution is -0.148. The molecule has 4 nitrogen and oxygen atoms in total. The largest absolute Gasteiger partial charge is 0.411 e. The van der Waals surface area contributed by atoms with E-state index in [0.717, 1.165) is 12.8 Å². The molecule has 0 amide bonds. The molecule has 0 saturated heterocycles. The zero-order valence-corrected chi connectivity index (χ0v) is 22.1. The highest BCUT2D eigenvalue weighted by molar-refractivity contribution is 6.69. The average molecular weight is 451 g/mol. The van der Waals surface area contributed by atoms with Crippen molar-refractivity contribution in [1.29, 1.82) is 0 Å². The minimum Gasteiger partial charge on any atom is -0.411 e. The molecule has 4 aliphatic carbocycles. The Balaban J connectivity index is 1.69. The molecule has 9 atom stereocenters. The molecule has 2 N–H and O–H groups in total. The molecule has 3 fully saturated rings. The summed E-state index contributed by atoms with van der Waals surface area (Å²) in [7, 11) is -1.76. The molecule has 0 aromatic heterocycles. The summed E-state index contributed by atoms with van der Waals surface area (Å²) >= 11 is 0. The molecule has 178 valence electrons. The fraction of sp³-hybridized carbons (Fsp3) is 0.923. The van der Waals surface area contributed by atoms with Crippen LogP contribution in [0.5, 0.6) is 0 Å². The fourth-order valence-electron chi connectivity index (χ4n) is 7.89. The first-order valence-corrected chi connectivity index (χ1v) is 16.0. The van der Waals surface area contributed by atoms with E-state index in [-0.39, 0.29) is 22.5 Å². The van der Waals surface area contributed by atoms with Gasteiger partial charge in [-0.1, -0.05) is 19.9 Å². The Morgan fingerprint density at radius 2 is 1.71 bits per heavy atom. The summed E-state index contributed by atoms with van der Waals surface area (Å²) in [6.07, 6.45) is 7.40. The predicted octanol–water partition coefficient (Wildman–Crippen LogP) is 5.29. The molecular formula is C26H46O4Si. The van der Waals surface area contributed by atoms with Gasteiger partial charge in [-0.15, -0.1) is 0 Å². The molecule has 3 saturated carbocycles. The first-order valence-electron chi connectivity index (χ1n) is 12.6. The monoisotopic (exact) mass is 450 g/mol. The Bertz CT molecular complexity index is 722. The second kappa shape index (κ2) is 7.66. The van der Waals surface area contributed by atoms with Gasteiger partial charge < -0.3 is 19.4 Å². The summed E-state index contributed by atoms with van der Waals surface area (Å²) in [5.74, 6) is 1.79. The number of ether oxygens (including phenoxy) is 1. The standard InChI is InChI=1S/C26H46O4Si/c1-24(2,3)29-23-10-9-17-16-13-22(30-31(6,7)8)19-14-20(27)21(28)15-26(19,5)18(16)11-12-25(17,23)4/h14,16-18,20-23,27-28H,9-13,15H2,1-8H3/t16-,17-,18-,20?,21?,22?,23-,25-,26+/m0/s1. The van der Waals surface area contributed by atoms with Crippen molar-refractivity contribution in [2.24, 2.45) is 28.6 Å². The van der Waals surface area contributed by atoms with Gasteiger partial charge in [-0.2, -0.15) is 0 Å². The van der Waals surface area contributed by atoms with Crippen LogP contribution >= 0.6 is 0 Å². The van der Waals surface area contributed by atoms with E-state index in [9.17, 15) is 10.2 Å². The van der Waals surface area contributed by atoms with Gasteiger partial charge in [0.05, 0.1) is 30.0 Å². The maximum absolute atomic E-state index is 10.7. The molecule has 0 bridgehead atoms. The van der Waals surface area contributed by atoms with E-state index in [1.807, 2.05) is 6.08 Å². The highest BCUT2D eigenvalue weighted by Crippen LogP contribution is 2.66. The Kier molecular flexibility index (Phi) is 5.91. The number of aliphatic hydroxyl groups is 2. The number of hydrogen-bond donors (Lipinski definition) is 2. The molecule has 0 radical (unpaired) electrons. The van der Waals surface area contributed by atoms with Crippen molar-refractivity contribution in [3.05, 3.63) is 11.6 Å². The van der Waals surface area contributed by atoms with Gasteiger partial charge in [0.25, 0.3) is 0 Å². The fourth-order valence-corrected chi connectivity index (χ4v) is 8.97. The van der Waals surface area contributed by atoms with Gasteiger partial charge >= 0.3 is 0 Å². The Hall–Kier alpha value is -0.203. The van der Waals surface area contributed by atoms with Crippen molar-refractivity contribution in [3.63, 3.8) is 0 Å². The predicted molar refractivity (Wildman–Crippen MR) is 127 cm³/mol. The summed E-state index contributed by atoms with van der Waals surface area (Å²) in [6, 6.07) is 0. The highest BCUT2D eigenvalue weighted by Gasteiger charge is 2.62. The smallest absolute Gasteiger partial charge is 0.184 e. The van der Waals surface area contributed by atoms with Crippen LogP contribution in [0, 0.1) is 28.6 Å². The summed E-state index contributed by atoms with van der Waals surface area (Å²) in [5, 5.41) is 21.1. The molecule has 4 rings (SSSR count). The zero-order chi connectivity index (χ0) is 23.0. The van der Waals surface area contributed by atoms with Gasteiger partial charge in [0.1, 0.15) is 0 Å². The minimum atomic E-state index is -1.76. The highest BCUT2D eigenvalue weighted by atomic mass is 28.4. The van der Waals surface area contributed by atoms with E-state index < -0.39 is 20.5 Å². The van der Waals surface area contributed by atoms with Gasteiger partial charge in [0.2, 0.25) is 0 Å². The first kappa shape index (κ1) is 23.9. The van der Waals surface area contributed by atoms with Crippen molar-refractivity contribution < 1.29 is 19.4 Å². The van der Waals surface area contributed by atoms with Crippen LogP contribution in [0.3, 0.4) is 0 Å². The van der Waals surface area contributed by atoms with E-state index in [4.69, 9.17) is 9.16 Å². The number of aliphatic hydroxyl groups excluding tert-OH is 2. The van der Waals surface area contributed by atoms with Crippen LogP contribution in [-0.4, -0.2) is 48.5 Å². The van der Waals surface area contributed by atoms with Crippen LogP contribution in [-0.2, 0) is 9.16 Å². The molecule has 4 aliphatic rings. The second-order valence-electron chi connectivity index (χ2n) is 13.5. The van der Waals surface area contributed by atoms with Gasteiger partial charge in [-0.3, -0.25) is 0 Å².